The Hall–Kier alpha value is -2.48. The fourth-order valence-electron chi connectivity index (χ4n) is 1.42. The fourth-order valence-corrected chi connectivity index (χ4v) is 1.42. The summed E-state index contributed by atoms with van der Waals surface area (Å²) in [6.07, 6.45) is 8.04. The van der Waals surface area contributed by atoms with Crippen LogP contribution in [0.5, 0.6) is 0 Å². The summed E-state index contributed by atoms with van der Waals surface area (Å²) in [5.74, 6) is -2.19. The molecule has 0 heterocycles. The van der Waals surface area contributed by atoms with Gasteiger partial charge in [0.1, 0.15) is 0 Å². The first-order valence-electron chi connectivity index (χ1n) is 7.69. The predicted molar refractivity (Wildman–Crippen MR) is 103 cm³/mol. The summed E-state index contributed by atoms with van der Waals surface area (Å²) in [4.78, 5) is 0. The van der Waals surface area contributed by atoms with Gasteiger partial charge in [-0.25, -0.2) is 8.78 Å². The van der Waals surface area contributed by atoms with Gasteiger partial charge in [-0.2, -0.15) is 0 Å². The highest BCUT2D eigenvalue weighted by atomic mass is 19.2. The summed E-state index contributed by atoms with van der Waals surface area (Å²) in [7, 11) is 0. The Kier molecular flexibility index (Phi) is 9.26. The lowest BCUT2D eigenvalue weighted by Crippen LogP contribution is -1.93. The Balaban J connectivity index is 5.24. The van der Waals surface area contributed by atoms with Crippen molar-refractivity contribution in [2.75, 3.05) is 0 Å². The van der Waals surface area contributed by atoms with E-state index in [4.69, 9.17) is 0 Å². The largest absolute Gasteiger partial charge is 0.203 e. The van der Waals surface area contributed by atoms with Gasteiger partial charge in [-0.05, 0) is 24.0 Å². The van der Waals surface area contributed by atoms with Gasteiger partial charge in [-0.3, -0.25) is 0 Å². The van der Waals surface area contributed by atoms with Crippen LogP contribution in [0.3, 0.4) is 0 Å². The van der Waals surface area contributed by atoms with Crippen molar-refractivity contribution in [2.24, 2.45) is 0 Å². The number of halogens is 2. The van der Waals surface area contributed by atoms with Gasteiger partial charge in [-0.15, -0.1) is 0 Å². The number of allylic oxidation sites excluding steroid dienone is 12. The molecule has 0 bridgehead atoms. The van der Waals surface area contributed by atoms with Crippen LogP contribution in [0.2, 0.25) is 0 Å². The normalized spacial score (nSPS) is 12.2. The molecule has 0 rings (SSSR count). The Bertz CT molecular complexity index is 606. The second kappa shape index (κ2) is 10.3. The molecule has 0 aliphatic rings. The summed E-state index contributed by atoms with van der Waals surface area (Å²) in [5, 5.41) is 0. The van der Waals surface area contributed by atoms with Crippen molar-refractivity contribution >= 4 is 0 Å². The zero-order chi connectivity index (χ0) is 18.9. The maximum Gasteiger partial charge on any atom is 0.166 e. The maximum atomic E-state index is 14.3. The van der Waals surface area contributed by atoms with E-state index in [-0.39, 0.29) is 22.3 Å². The summed E-state index contributed by atoms with van der Waals surface area (Å²) < 4.78 is 28.5. The molecule has 0 saturated heterocycles. The molecule has 0 aliphatic carbocycles. The lowest BCUT2D eigenvalue weighted by molar-refractivity contribution is 0.560. The third kappa shape index (κ3) is 6.74. The first kappa shape index (κ1) is 21.5. The summed E-state index contributed by atoms with van der Waals surface area (Å²) >= 11 is 0. The molecule has 0 radical (unpaired) electrons. The van der Waals surface area contributed by atoms with E-state index in [0.29, 0.717) is 0 Å². The molecule has 0 aliphatic heterocycles. The average Bonchev–Trinajstić information content (AvgIpc) is 2.60. The van der Waals surface area contributed by atoms with Gasteiger partial charge < -0.3 is 0 Å². The molecule has 0 spiro atoms. The summed E-state index contributed by atoms with van der Waals surface area (Å²) in [6.45, 7) is 26.0. The van der Waals surface area contributed by atoms with Gasteiger partial charge in [0.05, 0.1) is 0 Å². The van der Waals surface area contributed by atoms with Crippen LogP contribution in [0.15, 0.2) is 109 Å². The van der Waals surface area contributed by atoms with Gasteiger partial charge in [0, 0.05) is 11.1 Å². The minimum atomic E-state index is -1.10. The molecule has 0 saturated carbocycles. The monoisotopic (exact) mass is 328 g/mol. The molecule has 0 amide bonds. The Morgan fingerprint density at radius 3 is 1.17 bits per heavy atom. The first-order valence-corrected chi connectivity index (χ1v) is 7.69. The van der Waals surface area contributed by atoms with Crippen LogP contribution in [0, 0.1) is 0 Å². The minimum Gasteiger partial charge on any atom is -0.203 e. The first-order chi connectivity index (χ1) is 11.1. The van der Waals surface area contributed by atoms with Crippen molar-refractivity contribution in [2.45, 2.75) is 26.7 Å². The number of rotatable bonds is 10. The van der Waals surface area contributed by atoms with Crippen LogP contribution < -0.4 is 0 Å². The molecule has 0 N–H and O–H groups in total. The molecular formula is C22H26F2. The highest BCUT2D eigenvalue weighted by Gasteiger charge is 2.15. The van der Waals surface area contributed by atoms with Crippen molar-refractivity contribution in [1.29, 1.82) is 0 Å². The average molecular weight is 328 g/mol. The van der Waals surface area contributed by atoms with Gasteiger partial charge in [0.15, 0.2) is 11.7 Å². The van der Waals surface area contributed by atoms with Gasteiger partial charge >= 0.3 is 0 Å². The quantitative estimate of drug-likeness (QED) is 0.366. The molecular weight excluding hydrogens is 302 g/mol. The van der Waals surface area contributed by atoms with E-state index in [1.807, 2.05) is 13.8 Å². The molecule has 128 valence electrons. The fraction of sp³-hybridized carbons (Fsp3) is 0.182. The van der Waals surface area contributed by atoms with E-state index in [2.05, 4.69) is 39.5 Å². The second-order valence-corrected chi connectivity index (χ2v) is 5.33. The summed E-state index contributed by atoms with van der Waals surface area (Å²) in [5.41, 5.74) is 1.98. The van der Waals surface area contributed by atoms with E-state index in [0.717, 1.165) is 24.0 Å². The van der Waals surface area contributed by atoms with Crippen LogP contribution in [0.4, 0.5) is 8.78 Å². The van der Waals surface area contributed by atoms with Gasteiger partial charge in [0.2, 0.25) is 0 Å². The van der Waals surface area contributed by atoms with Gasteiger partial charge in [0.25, 0.3) is 0 Å². The Morgan fingerprint density at radius 2 is 0.917 bits per heavy atom. The van der Waals surface area contributed by atoms with E-state index >= 15 is 0 Å². The second-order valence-electron chi connectivity index (χ2n) is 5.33. The van der Waals surface area contributed by atoms with Crippen LogP contribution >= 0.6 is 0 Å². The van der Waals surface area contributed by atoms with Crippen LogP contribution in [-0.4, -0.2) is 0 Å². The summed E-state index contributed by atoms with van der Waals surface area (Å²) in [6, 6.07) is 0. The van der Waals surface area contributed by atoms with E-state index < -0.39 is 11.7 Å². The third-order valence-electron chi connectivity index (χ3n) is 3.45. The molecule has 0 unspecified atom stereocenters. The van der Waals surface area contributed by atoms with Crippen molar-refractivity contribution in [3.8, 4) is 0 Å². The topological polar surface area (TPSA) is 0 Å². The van der Waals surface area contributed by atoms with E-state index in [9.17, 15) is 8.78 Å². The number of hydrogen-bond donors (Lipinski definition) is 0. The minimum absolute atomic E-state index is 0.136. The Labute approximate surface area is 145 Å². The molecule has 0 nitrogen and oxygen atoms in total. The van der Waals surface area contributed by atoms with Crippen molar-refractivity contribution in [3.63, 3.8) is 0 Å². The Morgan fingerprint density at radius 1 is 0.625 bits per heavy atom. The van der Waals surface area contributed by atoms with Crippen LogP contribution in [-0.2, 0) is 0 Å². The molecule has 2 heteroatoms. The van der Waals surface area contributed by atoms with Crippen molar-refractivity contribution in [1.82, 2.24) is 0 Å². The molecule has 0 aromatic rings. The molecule has 0 aromatic carbocycles. The predicted octanol–water partition coefficient (Wildman–Crippen LogP) is 7.41. The standard InChI is InChI=1S/C22H26F2/c1-9-15(3)11-13-17(5)19(7)21(23)22(24)20(8)18(6)14-12-16(4)10-2/h11-14H,3-10H2,1-2H3/b13-11-,14-12-,22-21-. The van der Waals surface area contributed by atoms with Gasteiger partial charge in [-0.1, -0.05) is 88.8 Å². The van der Waals surface area contributed by atoms with Crippen molar-refractivity contribution < 1.29 is 8.78 Å². The molecule has 24 heavy (non-hydrogen) atoms. The smallest absolute Gasteiger partial charge is 0.166 e. The third-order valence-corrected chi connectivity index (χ3v) is 3.45. The van der Waals surface area contributed by atoms with E-state index in [1.54, 1.807) is 24.3 Å². The molecule has 0 atom stereocenters. The van der Waals surface area contributed by atoms with Crippen molar-refractivity contribution in [3.05, 3.63) is 109 Å². The van der Waals surface area contributed by atoms with Crippen LogP contribution in [0.25, 0.3) is 0 Å². The highest BCUT2D eigenvalue weighted by molar-refractivity contribution is 5.55. The molecule has 0 aromatic heterocycles. The SMILES string of the molecule is C=C(/C=C\C(=C)C(=C)/C(F)=C(/F)C(=C)C(=C)/C=C\C(=C)CC)CC. The zero-order valence-electron chi connectivity index (χ0n) is 14.7. The number of hydrogen-bond acceptors (Lipinski definition) is 0. The molecule has 0 fully saturated rings. The zero-order valence-corrected chi connectivity index (χ0v) is 14.7. The van der Waals surface area contributed by atoms with E-state index in [1.165, 1.54) is 0 Å². The van der Waals surface area contributed by atoms with Crippen LogP contribution in [0.1, 0.15) is 26.7 Å². The lowest BCUT2D eigenvalue weighted by Gasteiger charge is -2.08. The lowest BCUT2D eigenvalue weighted by atomic mass is 10.0. The highest BCUT2D eigenvalue weighted by Crippen LogP contribution is 2.29. The maximum absolute atomic E-state index is 14.3.